The maximum absolute atomic E-state index is 12.1. The molecule has 9 heteroatoms. The summed E-state index contributed by atoms with van der Waals surface area (Å²) < 4.78 is 6.32. The molecule has 0 bridgehead atoms. The molecule has 0 saturated carbocycles. The summed E-state index contributed by atoms with van der Waals surface area (Å²) in [6, 6.07) is 5.38. The molecule has 1 saturated heterocycles. The molecule has 2 heterocycles. The van der Waals surface area contributed by atoms with Crippen molar-refractivity contribution >= 4 is 51.4 Å². The molecule has 0 aliphatic carbocycles. The average Bonchev–Trinajstić information content (AvgIpc) is 3.25. The van der Waals surface area contributed by atoms with Crippen molar-refractivity contribution in [2.75, 3.05) is 29.5 Å². The number of hydrogen-bond acceptors (Lipinski definition) is 7. The molecule has 2 N–H and O–H groups in total. The Balaban J connectivity index is 1.44. The number of aryl methyl sites for hydroxylation is 1. The molecule has 1 atom stereocenters. The quantitative estimate of drug-likeness (QED) is 0.690. The summed E-state index contributed by atoms with van der Waals surface area (Å²) in [7, 11) is 0. The Hall–Kier alpha value is -1.35. The zero-order valence-corrected chi connectivity index (χ0v) is 16.1. The van der Waals surface area contributed by atoms with E-state index in [9.17, 15) is 4.79 Å². The second kappa shape index (κ2) is 8.84. The number of nitrogens with zero attached hydrogens (tertiary/aromatic N) is 2. The summed E-state index contributed by atoms with van der Waals surface area (Å²) >= 11 is 8.74. The molecule has 1 unspecified atom stereocenters. The predicted octanol–water partition coefficient (Wildman–Crippen LogP) is 3.82. The fourth-order valence-corrected chi connectivity index (χ4v) is 4.21. The largest absolute Gasteiger partial charge is 0.376 e. The van der Waals surface area contributed by atoms with Gasteiger partial charge in [0.25, 0.3) is 0 Å². The molecule has 0 spiro atoms. The Labute approximate surface area is 159 Å². The van der Waals surface area contributed by atoms with Gasteiger partial charge < -0.3 is 15.4 Å². The number of anilines is 2. The molecule has 2 aromatic rings. The zero-order chi connectivity index (χ0) is 17.6. The molecule has 1 fully saturated rings. The Bertz CT molecular complexity index is 735. The summed E-state index contributed by atoms with van der Waals surface area (Å²) in [6.07, 6.45) is 2.46. The Kier molecular flexibility index (Phi) is 6.52. The van der Waals surface area contributed by atoms with Gasteiger partial charge in [-0.15, -0.1) is 10.2 Å². The van der Waals surface area contributed by atoms with Crippen molar-refractivity contribution in [1.82, 2.24) is 10.2 Å². The number of benzene rings is 1. The van der Waals surface area contributed by atoms with Gasteiger partial charge in [0.1, 0.15) is 0 Å². The van der Waals surface area contributed by atoms with E-state index in [0.29, 0.717) is 5.02 Å². The van der Waals surface area contributed by atoms with Gasteiger partial charge in [0.15, 0.2) is 4.34 Å². The van der Waals surface area contributed by atoms with Crippen LogP contribution in [0.25, 0.3) is 0 Å². The Morgan fingerprint density at radius 1 is 1.48 bits per heavy atom. The van der Waals surface area contributed by atoms with Crippen LogP contribution in [0.1, 0.15) is 18.4 Å². The number of thioether (sulfide) groups is 1. The van der Waals surface area contributed by atoms with Gasteiger partial charge in [-0.05, 0) is 43.5 Å². The Morgan fingerprint density at radius 2 is 2.36 bits per heavy atom. The molecule has 1 amide bonds. The second-order valence-corrected chi connectivity index (χ2v) is 8.32. The zero-order valence-electron chi connectivity index (χ0n) is 13.8. The van der Waals surface area contributed by atoms with Gasteiger partial charge in [0.2, 0.25) is 11.0 Å². The molecule has 6 nitrogen and oxygen atoms in total. The summed E-state index contributed by atoms with van der Waals surface area (Å²) in [5.41, 5.74) is 1.70. The summed E-state index contributed by atoms with van der Waals surface area (Å²) in [4.78, 5) is 12.1. The summed E-state index contributed by atoms with van der Waals surface area (Å²) in [5.74, 6) is 0.196. The van der Waals surface area contributed by atoms with Crippen molar-refractivity contribution in [2.45, 2.75) is 30.2 Å². The lowest BCUT2D eigenvalue weighted by molar-refractivity contribution is -0.113. The first kappa shape index (κ1) is 18.4. The highest BCUT2D eigenvalue weighted by Gasteiger charge is 2.16. The van der Waals surface area contributed by atoms with Crippen LogP contribution >= 0.6 is 34.7 Å². The van der Waals surface area contributed by atoms with Gasteiger partial charge >= 0.3 is 0 Å². The molecule has 3 rings (SSSR count). The molecule has 25 heavy (non-hydrogen) atoms. The van der Waals surface area contributed by atoms with E-state index in [1.54, 1.807) is 12.1 Å². The summed E-state index contributed by atoms with van der Waals surface area (Å²) in [6.45, 7) is 3.49. The van der Waals surface area contributed by atoms with E-state index in [4.69, 9.17) is 16.3 Å². The number of amides is 1. The minimum absolute atomic E-state index is 0.0838. The van der Waals surface area contributed by atoms with Crippen LogP contribution in [0.4, 0.5) is 10.8 Å². The van der Waals surface area contributed by atoms with Crippen molar-refractivity contribution in [1.29, 1.82) is 0 Å². The van der Waals surface area contributed by atoms with Crippen molar-refractivity contribution in [3.05, 3.63) is 28.8 Å². The van der Waals surface area contributed by atoms with Crippen LogP contribution in [-0.4, -0.2) is 41.1 Å². The van der Waals surface area contributed by atoms with Crippen LogP contribution in [0.5, 0.6) is 0 Å². The van der Waals surface area contributed by atoms with Crippen molar-refractivity contribution in [3.63, 3.8) is 0 Å². The SMILES string of the molecule is Cc1cc(Cl)ccc1NC(=O)CSc1nnc(NCC2CCCO2)s1. The third-order valence-corrected chi connectivity index (χ3v) is 5.95. The van der Waals surface area contributed by atoms with Crippen molar-refractivity contribution in [3.8, 4) is 0 Å². The molecule has 1 aliphatic heterocycles. The standard InChI is InChI=1S/C16H19ClN4O2S2/c1-10-7-11(17)4-5-13(10)19-14(22)9-24-16-21-20-15(25-16)18-8-12-3-2-6-23-12/h4-5,7,12H,2-3,6,8-9H2,1H3,(H,18,20)(H,19,22). The number of carbonyl (C=O) groups is 1. The third kappa shape index (κ3) is 5.57. The highest BCUT2D eigenvalue weighted by molar-refractivity contribution is 8.01. The molecular formula is C16H19ClN4O2S2. The van der Waals surface area contributed by atoms with E-state index in [0.717, 1.165) is 46.7 Å². The van der Waals surface area contributed by atoms with Crippen LogP contribution in [-0.2, 0) is 9.53 Å². The fraction of sp³-hybridized carbons (Fsp3) is 0.438. The number of ether oxygens (including phenoxy) is 1. The number of aromatic nitrogens is 2. The Morgan fingerprint density at radius 3 is 3.12 bits per heavy atom. The highest BCUT2D eigenvalue weighted by atomic mass is 35.5. The maximum Gasteiger partial charge on any atom is 0.234 e. The predicted molar refractivity (Wildman–Crippen MR) is 103 cm³/mol. The van der Waals surface area contributed by atoms with Gasteiger partial charge in [-0.1, -0.05) is 34.7 Å². The molecule has 0 radical (unpaired) electrons. The van der Waals surface area contributed by atoms with Crippen LogP contribution in [0, 0.1) is 6.92 Å². The van der Waals surface area contributed by atoms with E-state index in [1.807, 2.05) is 13.0 Å². The van der Waals surface area contributed by atoms with Gasteiger partial charge in [-0.25, -0.2) is 0 Å². The first-order valence-corrected chi connectivity index (χ1v) is 10.2. The molecular weight excluding hydrogens is 380 g/mol. The van der Waals surface area contributed by atoms with E-state index >= 15 is 0 Å². The number of halogens is 1. The number of nitrogens with one attached hydrogen (secondary N) is 2. The van der Waals surface area contributed by atoms with Crippen molar-refractivity contribution < 1.29 is 9.53 Å². The highest BCUT2D eigenvalue weighted by Crippen LogP contribution is 2.26. The van der Waals surface area contributed by atoms with Crippen LogP contribution in [0.3, 0.4) is 0 Å². The van der Waals surface area contributed by atoms with Gasteiger partial charge in [-0.3, -0.25) is 4.79 Å². The smallest absolute Gasteiger partial charge is 0.234 e. The topological polar surface area (TPSA) is 76.1 Å². The second-order valence-electron chi connectivity index (χ2n) is 5.69. The van der Waals surface area contributed by atoms with Crippen molar-refractivity contribution in [2.24, 2.45) is 0 Å². The fourth-order valence-electron chi connectivity index (χ4n) is 2.43. The number of carbonyl (C=O) groups excluding carboxylic acids is 1. The van der Waals surface area contributed by atoms with E-state index < -0.39 is 0 Å². The van der Waals surface area contributed by atoms with E-state index in [2.05, 4.69) is 20.8 Å². The molecule has 134 valence electrons. The minimum Gasteiger partial charge on any atom is -0.376 e. The normalized spacial score (nSPS) is 16.8. The molecule has 1 aliphatic rings. The van der Waals surface area contributed by atoms with Crippen LogP contribution in [0.15, 0.2) is 22.5 Å². The lowest BCUT2D eigenvalue weighted by Crippen LogP contribution is -2.18. The third-order valence-electron chi connectivity index (χ3n) is 3.70. The van der Waals surface area contributed by atoms with Gasteiger partial charge in [-0.2, -0.15) is 0 Å². The first-order valence-electron chi connectivity index (χ1n) is 7.98. The summed E-state index contributed by atoms with van der Waals surface area (Å²) in [5, 5.41) is 15.7. The molecule has 1 aromatic heterocycles. The first-order chi connectivity index (χ1) is 12.1. The van der Waals surface area contributed by atoms with E-state index in [-0.39, 0.29) is 17.8 Å². The van der Waals surface area contributed by atoms with Gasteiger partial charge in [0, 0.05) is 23.9 Å². The van der Waals surface area contributed by atoms with Crippen LogP contribution in [0.2, 0.25) is 5.02 Å². The number of hydrogen-bond donors (Lipinski definition) is 2. The molecule has 1 aromatic carbocycles. The lowest BCUT2D eigenvalue weighted by Gasteiger charge is -2.08. The lowest BCUT2D eigenvalue weighted by atomic mass is 10.2. The van der Waals surface area contributed by atoms with E-state index in [1.165, 1.54) is 23.1 Å². The van der Waals surface area contributed by atoms with Gasteiger partial charge in [0.05, 0.1) is 11.9 Å². The monoisotopic (exact) mass is 398 g/mol. The maximum atomic E-state index is 12.1. The number of rotatable bonds is 7. The average molecular weight is 399 g/mol. The van der Waals surface area contributed by atoms with Crippen LogP contribution < -0.4 is 10.6 Å². The minimum atomic E-state index is -0.0838.